The number of benzene rings is 2. The highest BCUT2D eigenvalue weighted by atomic mass is 79.9. The molecule has 2 aromatic carbocycles. The van der Waals surface area contributed by atoms with Gasteiger partial charge in [-0.25, -0.2) is 0 Å². The number of aldehydes is 1. The van der Waals surface area contributed by atoms with E-state index in [1.54, 1.807) is 18.2 Å². The van der Waals surface area contributed by atoms with Crippen LogP contribution in [0.1, 0.15) is 28.9 Å². The summed E-state index contributed by atoms with van der Waals surface area (Å²) >= 11 is 3.29. The number of ether oxygens (including phenoxy) is 3. The van der Waals surface area contributed by atoms with Crippen LogP contribution in [0, 0.1) is 0 Å². The quantitative estimate of drug-likeness (QED) is 0.727. The minimum atomic E-state index is -0.285. The van der Waals surface area contributed by atoms with E-state index in [0.717, 1.165) is 10.0 Å². The van der Waals surface area contributed by atoms with Crippen molar-refractivity contribution in [3.05, 3.63) is 52.0 Å². The van der Waals surface area contributed by atoms with E-state index in [9.17, 15) is 9.59 Å². The number of halogens is 1. The summed E-state index contributed by atoms with van der Waals surface area (Å²) in [7, 11) is 0. The van der Waals surface area contributed by atoms with E-state index in [2.05, 4.69) is 21.2 Å². The molecule has 1 aliphatic heterocycles. The summed E-state index contributed by atoms with van der Waals surface area (Å²) in [6, 6.07) is 10.4. The summed E-state index contributed by atoms with van der Waals surface area (Å²) in [5, 5.41) is 2.86. The fraction of sp³-hybridized carbons (Fsp3) is 0.263. The fourth-order valence-electron chi connectivity index (χ4n) is 2.58. The average molecular weight is 420 g/mol. The van der Waals surface area contributed by atoms with Crippen molar-refractivity contribution in [3.63, 3.8) is 0 Å². The first-order valence-electron chi connectivity index (χ1n) is 8.13. The number of hydrogen-bond acceptors (Lipinski definition) is 5. The van der Waals surface area contributed by atoms with E-state index in [-0.39, 0.29) is 18.6 Å². The molecule has 6 nitrogen and oxygen atoms in total. The zero-order valence-corrected chi connectivity index (χ0v) is 15.7. The normalized spacial score (nSPS) is 13.6. The molecular weight excluding hydrogens is 402 g/mol. The van der Waals surface area contributed by atoms with Crippen molar-refractivity contribution >= 4 is 28.1 Å². The molecule has 2 aromatic rings. The van der Waals surface area contributed by atoms with Gasteiger partial charge in [-0.2, -0.15) is 0 Å². The van der Waals surface area contributed by atoms with Crippen molar-refractivity contribution in [2.24, 2.45) is 0 Å². The van der Waals surface area contributed by atoms with Gasteiger partial charge in [-0.15, -0.1) is 0 Å². The van der Waals surface area contributed by atoms with Crippen LogP contribution < -0.4 is 19.5 Å². The zero-order valence-electron chi connectivity index (χ0n) is 14.2. The lowest BCUT2D eigenvalue weighted by Crippen LogP contribution is -2.31. The molecule has 1 amide bonds. The van der Waals surface area contributed by atoms with E-state index in [1.807, 2.05) is 25.1 Å². The minimum absolute atomic E-state index is 0.183. The predicted octanol–water partition coefficient (Wildman–Crippen LogP) is 3.29. The van der Waals surface area contributed by atoms with Gasteiger partial charge in [0.25, 0.3) is 5.91 Å². The molecule has 26 heavy (non-hydrogen) atoms. The summed E-state index contributed by atoms with van der Waals surface area (Å²) in [6.45, 7) is 2.74. The third-order valence-corrected chi connectivity index (χ3v) is 4.39. The third kappa shape index (κ3) is 4.35. The van der Waals surface area contributed by atoms with Crippen LogP contribution in [-0.2, 0) is 4.79 Å². The molecule has 1 unspecified atom stereocenters. The van der Waals surface area contributed by atoms with Gasteiger partial charge in [-0.1, -0.05) is 22.0 Å². The van der Waals surface area contributed by atoms with E-state index in [4.69, 9.17) is 14.2 Å². The van der Waals surface area contributed by atoms with E-state index < -0.39 is 0 Å². The van der Waals surface area contributed by atoms with E-state index in [0.29, 0.717) is 42.3 Å². The highest BCUT2D eigenvalue weighted by Crippen LogP contribution is 2.32. The Kier molecular flexibility index (Phi) is 5.78. The first kappa shape index (κ1) is 18.3. The molecule has 1 atom stereocenters. The second-order valence-corrected chi connectivity index (χ2v) is 6.70. The van der Waals surface area contributed by atoms with Gasteiger partial charge in [-0.05, 0) is 42.8 Å². The highest BCUT2D eigenvalue weighted by Gasteiger charge is 2.16. The molecular formula is C19H18BrNO5. The molecule has 1 heterocycles. The monoisotopic (exact) mass is 419 g/mol. The summed E-state index contributed by atoms with van der Waals surface area (Å²) in [6.07, 6.45) is 0.690. The number of carbonyl (C=O) groups is 2. The second kappa shape index (κ2) is 8.23. The lowest BCUT2D eigenvalue weighted by Gasteiger charge is -2.21. The summed E-state index contributed by atoms with van der Waals surface area (Å²) < 4.78 is 17.3. The van der Waals surface area contributed by atoms with Crippen molar-refractivity contribution < 1.29 is 23.8 Å². The first-order valence-corrected chi connectivity index (χ1v) is 8.92. The first-order chi connectivity index (χ1) is 12.6. The standard InChI is InChI=1S/C19H18BrNO5/c1-12(13-2-4-17-18(9-13)25-7-6-24-17)21-19(23)11-26-16-5-3-15(20)8-14(16)10-22/h2-5,8-10,12H,6-7,11H2,1H3,(H,21,23). The summed E-state index contributed by atoms with van der Waals surface area (Å²) in [5.74, 6) is 1.47. The number of carbonyl (C=O) groups excluding carboxylic acids is 2. The molecule has 1 aliphatic rings. The lowest BCUT2D eigenvalue weighted by molar-refractivity contribution is -0.123. The van der Waals surface area contributed by atoms with Gasteiger partial charge in [0.1, 0.15) is 19.0 Å². The molecule has 3 rings (SSSR count). The van der Waals surface area contributed by atoms with Gasteiger partial charge in [0, 0.05) is 4.47 Å². The maximum absolute atomic E-state index is 12.2. The van der Waals surface area contributed by atoms with Crippen molar-refractivity contribution in [2.75, 3.05) is 19.8 Å². The topological polar surface area (TPSA) is 73.9 Å². The number of hydrogen-bond donors (Lipinski definition) is 1. The molecule has 1 N–H and O–H groups in total. The third-order valence-electron chi connectivity index (χ3n) is 3.90. The van der Waals surface area contributed by atoms with Crippen LogP contribution in [0.15, 0.2) is 40.9 Å². The summed E-state index contributed by atoms with van der Waals surface area (Å²) in [4.78, 5) is 23.2. The van der Waals surface area contributed by atoms with Crippen molar-refractivity contribution in [2.45, 2.75) is 13.0 Å². The Morgan fingerprint density at radius 2 is 2.00 bits per heavy atom. The van der Waals surface area contributed by atoms with Gasteiger partial charge < -0.3 is 19.5 Å². The molecule has 0 spiro atoms. The molecule has 0 aromatic heterocycles. The lowest BCUT2D eigenvalue weighted by atomic mass is 10.1. The molecule has 0 aliphatic carbocycles. The number of fused-ring (bicyclic) bond motifs is 1. The van der Waals surface area contributed by atoms with Gasteiger partial charge >= 0.3 is 0 Å². The van der Waals surface area contributed by atoms with Crippen molar-refractivity contribution in [3.8, 4) is 17.2 Å². The highest BCUT2D eigenvalue weighted by molar-refractivity contribution is 9.10. The minimum Gasteiger partial charge on any atom is -0.486 e. The molecule has 136 valence electrons. The van der Waals surface area contributed by atoms with Gasteiger partial charge in [0.2, 0.25) is 0 Å². The Labute approximate surface area is 159 Å². The van der Waals surface area contributed by atoms with Crippen LogP contribution in [0.25, 0.3) is 0 Å². The Morgan fingerprint density at radius 3 is 2.77 bits per heavy atom. The summed E-state index contributed by atoms with van der Waals surface area (Å²) in [5.41, 5.74) is 1.28. The van der Waals surface area contributed by atoms with Crippen LogP contribution >= 0.6 is 15.9 Å². The molecule has 7 heteroatoms. The Bertz CT molecular complexity index is 824. The van der Waals surface area contributed by atoms with E-state index >= 15 is 0 Å². The fourth-order valence-corrected chi connectivity index (χ4v) is 2.96. The van der Waals surface area contributed by atoms with Crippen LogP contribution in [0.2, 0.25) is 0 Å². The maximum atomic E-state index is 12.2. The molecule has 0 bridgehead atoms. The van der Waals surface area contributed by atoms with E-state index in [1.165, 1.54) is 0 Å². The molecule has 0 radical (unpaired) electrons. The second-order valence-electron chi connectivity index (χ2n) is 5.78. The Hall–Kier alpha value is -2.54. The number of nitrogens with one attached hydrogen (secondary N) is 1. The smallest absolute Gasteiger partial charge is 0.258 e. The van der Waals surface area contributed by atoms with Crippen LogP contribution in [0.4, 0.5) is 0 Å². The Morgan fingerprint density at radius 1 is 1.23 bits per heavy atom. The average Bonchev–Trinajstić information content (AvgIpc) is 2.66. The predicted molar refractivity (Wildman–Crippen MR) is 99.0 cm³/mol. The largest absolute Gasteiger partial charge is 0.486 e. The number of amides is 1. The van der Waals surface area contributed by atoms with Crippen molar-refractivity contribution in [1.29, 1.82) is 0 Å². The maximum Gasteiger partial charge on any atom is 0.258 e. The zero-order chi connectivity index (χ0) is 18.5. The van der Waals surface area contributed by atoms with Crippen LogP contribution in [0.5, 0.6) is 17.2 Å². The SMILES string of the molecule is CC(NC(=O)COc1ccc(Br)cc1C=O)c1ccc2c(c1)OCCO2. The molecule has 0 saturated heterocycles. The van der Waals surface area contributed by atoms with Gasteiger partial charge in [0.05, 0.1) is 11.6 Å². The van der Waals surface area contributed by atoms with Crippen LogP contribution in [0.3, 0.4) is 0 Å². The van der Waals surface area contributed by atoms with Crippen molar-refractivity contribution in [1.82, 2.24) is 5.32 Å². The molecule has 0 fully saturated rings. The van der Waals surface area contributed by atoms with Gasteiger partial charge in [0.15, 0.2) is 24.4 Å². The number of rotatable bonds is 6. The van der Waals surface area contributed by atoms with Crippen LogP contribution in [-0.4, -0.2) is 32.0 Å². The van der Waals surface area contributed by atoms with Gasteiger partial charge in [-0.3, -0.25) is 9.59 Å². The molecule has 0 saturated carbocycles. The Balaban J connectivity index is 1.59.